The molecule has 1 heterocycles. The summed E-state index contributed by atoms with van der Waals surface area (Å²) in [5.41, 5.74) is 0.632. The van der Waals surface area contributed by atoms with Crippen molar-refractivity contribution in [2.45, 2.75) is 83.3 Å². The summed E-state index contributed by atoms with van der Waals surface area (Å²) in [6.45, 7) is 4.88. The highest BCUT2D eigenvalue weighted by atomic mass is 16.3. The van der Waals surface area contributed by atoms with Crippen molar-refractivity contribution in [2.75, 3.05) is 0 Å². The van der Waals surface area contributed by atoms with Crippen LogP contribution in [0.5, 0.6) is 0 Å². The molecule has 1 aromatic rings. The van der Waals surface area contributed by atoms with E-state index in [0.29, 0.717) is 17.3 Å². The van der Waals surface area contributed by atoms with Crippen molar-refractivity contribution in [3.8, 4) is 0 Å². The largest absolute Gasteiger partial charge is 0.472 e. The molecule has 4 fully saturated rings. The summed E-state index contributed by atoms with van der Waals surface area (Å²) in [6.07, 6.45) is 13.5. The quantitative estimate of drug-likeness (QED) is 0.753. The third kappa shape index (κ3) is 2.08. The predicted octanol–water partition coefficient (Wildman–Crippen LogP) is 4.87. The number of hydrogen-bond donors (Lipinski definition) is 2. The molecular formula is C23H34O3. The van der Waals surface area contributed by atoms with Gasteiger partial charge in [0, 0.05) is 11.0 Å². The summed E-state index contributed by atoms with van der Waals surface area (Å²) in [4.78, 5) is 0. The third-order valence-electron chi connectivity index (χ3n) is 9.79. The van der Waals surface area contributed by atoms with Gasteiger partial charge in [0.25, 0.3) is 0 Å². The predicted molar refractivity (Wildman–Crippen MR) is 100 cm³/mol. The Balaban J connectivity index is 1.47. The van der Waals surface area contributed by atoms with Crippen LogP contribution < -0.4 is 0 Å². The SMILES string of the molecule is C[C@]12CCC(O)CC1CC[C@@H]1[C@H]2CC[C@@]2(C)[C@H]1CCC2(O)c1ccoc1. The van der Waals surface area contributed by atoms with E-state index in [1.54, 1.807) is 12.5 Å². The van der Waals surface area contributed by atoms with E-state index in [9.17, 15) is 10.2 Å². The van der Waals surface area contributed by atoms with Crippen LogP contribution in [0.2, 0.25) is 0 Å². The lowest BCUT2D eigenvalue weighted by Crippen LogP contribution is -2.56. The number of aliphatic hydroxyl groups is 2. The summed E-state index contributed by atoms with van der Waals surface area (Å²) >= 11 is 0. The minimum Gasteiger partial charge on any atom is -0.472 e. The zero-order valence-electron chi connectivity index (χ0n) is 16.3. The molecule has 8 atom stereocenters. The highest BCUT2D eigenvalue weighted by molar-refractivity contribution is 5.26. The minimum absolute atomic E-state index is 0.0323. The van der Waals surface area contributed by atoms with Gasteiger partial charge in [-0.2, -0.15) is 0 Å². The highest BCUT2D eigenvalue weighted by Gasteiger charge is 2.65. The minimum atomic E-state index is -0.726. The van der Waals surface area contributed by atoms with Crippen molar-refractivity contribution in [3.05, 3.63) is 24.2 Å². The molecule has 0 saturated heterocycles. The van der Waals surface area contributed by atoms with Crippen molar-refractivity contribution in [1.82, 2.24) is 0 Å². The van der Waals surface area contributed by atoms with Crippen LogP contribution in [0.15, 0.2) is 23.0 Å². The molecule has 0 spiro atoms. The van der Waals surface area contributed by atoms with Crippen LogP contribution in [-0.4, -0.2) is 16.3 Å². The van der Waals surface area contributed by atoms with Gasteiger partial charge in [-0.3, -0.25) is 0 Å². The molecule has 144 valence electrons. The number of furan rings is 1. The summed E-state index contributed by atoms with van der Waals surface area (Å²) in [6, 6.07) is 1.97. The Morgan fingerprint density at radius 3 is 2.58 bits per heavy atom. The zero-order chi connectivity index (χ0) is 18.2. The molecule has 0 amide bonds. The maximum Gasteiger partial charge on any atom is 0.0983 e. The number of hydrogen-bond acceptors (Lipinski definition) is 3. The second-order valence-electron chi connectivity index (χ2n) is 10.5. The van der Waals surface area contributed by atoms with Crippen molar-refractivity contribution >= 4 is 0 Å². The molecule has 4 aliphatic rings. The smallest absolute Gasteiger partial charge is 0.0983 e. The molecule has 3 nitrogen and oxygen atoms in total. The molecular weight excluding hydrogens is 324 g/mol. The first-order chi connectivity index (χ1) is 12.4. The average Bonchev–Trinajstić information content (AvgIpc) is 3.24. The maximum absolute atomic E-state index is 11.7. The van der Waals surface area contributed by atoms with Gasteiger partial charge in [0.15, 0.2) is 0 Å². The summed E-state index contributed by atoms with van der Waals surface area (Å²) < 4.78 is 5.34. The van der Waals surface area contributed by atoms with Crippen LogP contribution in [0.1, 0.15) is 77.2 Å². The lowest BCUT2D eigenvalue weighted by Gasteiger charge is -2.61. The Morgan fingerprint density at radius 1 is 1.00 bits per heavy atom. The zero-order valence-corrected chi connectivity index (χ0v) is 16.3. The fourth-order valence-electron chi connectivity index (χ4n) is 8.23. The normalized spacial score (nSPS) is 53.6. The Labute approximate surface area is 157 Å². The van der Waals surface area contributed by atoms with Gasteiger partial charge in [0.05, 0.1) is 24.2 Å². The van der Waals surface area contributed by atoms with Gasteiger partial charge >= 0.3 is 0 Å². The van der Waals surface area contributed by atoms with Gasteiger partial charge in [-0.25, -0.2) is 0 Å². The van der Waals surface area contributed by atoms with Crippen molar-refractivity contribution in [1.29, 1.82) is 0 Å². The molecule has 4 saturated carbocycles. The molecule has 0 radical (unpaired) electrons. The molecule has 3 heteroatoms. The monoisotopic (exact) mass is 358 g/mol. The van der Waals surface area contributed by atoms with Crippen LogP contribution in [0.3, 0.4) is 0 Å². The lowest BCUT2D eigenvalue weighted by atomic mass is 9.44. The van der Waals surface area contributed by atoms with Crippen molar-refractivity contribution in [3.63, 3.8) is 0 Å². The maximum atomic E-state index is 11.7. The van der Waals surface area contributed by atoms with Gasteiger partial charge in [0.1, 0.15) is 0 Å². The van der Waals surface area contributed by atoms with E-state index in [1.165, 1.54) is 25.7 Å². The molecule has 0 bridgehead atoms. The fraction of sp³-hybridized carbons (Fsp3) is 0.826. The van der Waals surface area contributed by atoms with E-state index in [4.69, 9.17) is 4.42 Å². The molecule has 5 rings (SSSR count). The second-order valence-corrected chi connectivity index (χ2v) is 10.5. The second kappa shape index (κ2) is 5.61. The summed E-state index contributed by atoms with van der Waals surface area (Å²) in [5.74, 6) is 2.83. The topological polar surface area (TPSA) is 53.6 Å². The van der Waals surface area contributed by atoms with Crippen molar-refractivity contribution in [2.24, 2.45) is 34.5 Å². The van der Waals surface area contributed by atoms with Crippen LogP contribution in [0.4, 0.5) is 0 Å². The molecule has 0 aromatic carbocycles. The summed E-state index contributed by atoms with van der Waals surface area (Å²) in [7, 11) is 0. The first-order valence-electron chi connectivity index (χ1n) is 10.8. The van der Waals surface area contributed by atoms with Crippen molar-refractivity contribution < 1.29 is 14.6 Å². The van der Waals surface area contributed by atoms with Gasteiger partial charge in [-0.1, -0.05) is 13.8 Å². The van der Waals surface area contributed by atoms with E-state index in [1.807, 2.05) is 6.07 Å². The van der Waals surface area contributed by atoms with Gasteiger partial charge in [0.2, 0.25) is 0 Å². The van der Waals surface area contributed by atoms with Crippen LogP contribution in [0.25, 0.3) is 0 Å². The number of rotatable bonds is 1. The first-order valence-corrected chi connectivity index (χ1v) is 10.8. The highest BCUT2D eigenvalue weighted by Crippen LogP contribution is 2.70. The number of aliphatic hydroxyl groups excluding tert-OH is 1. The fourth-order valence-corrected chi connectivity index (χ4v) is 8.23. The van der Waals surface area contributed by atoms with E-state index in [2.05, 4.69) is 13.8 Å². The van der Waals surface area contributed by atoms with E-state index in [-0.39, 0.29) is 11.5 Å². The third-order valence-corrected chi connectivity index (χ3v) is 9.79. The Morgan fingerprint density at radius 2 is 1.81 bits per heavy atom. The Bertz CT molecular complexity index is 669. The van der Waals surface area contributed by atoms with Gasteiger partial charge in [-0.05, 0) is 92.9 Å². The molecule has 26 heavy (non-hydrogen) atoms. The first kappa shape index (κ1) is 17.3. The van der Waals surface area contributed by atoms with E-state index >= 15 is 0 Å². The molecule has 1 aromatic heterocycles. The van der Waals surface area contributed by atoms with Gasteiger partial charge < -0.3 is 14.6 Å². The standard InChI is InChI=1S/C23H34O3/c1-21-9-5-17(24)13-15(21)3-4-18-19(21)6-10-22(2)20(18)7-11-23(22,25)16-8-12-26-14-16/h8,12,14-15,17-20,24-25H,3-7,9-11,13H2,1-2H3/t15?,17?,18-,19-,20+,21+,22+,23?/m1/s1. The molecule has 4 aliphatic carbocycles. The van der Waals surface area contributed by atoms with Crippen LogP contribution in [0, 0.1) is 34.5 Å². The van der Waals surface area contributed by atoms with Crippen LogP contribution >= 0.6 is 0 Å². The Hall–Kier alpha value is -0.800. The molecule has 0 aliphatic heterocycles. The average molecular weight is 359 g/mol. The molecule has 2 N–H and O–H groups in total. The van der Waals surface area contributed by atoms with E-state index < -0.39 is 5.60 Å². The van der Waals surface area contributed by atoms with E-state index in [0.717, 1.165) is 49.5 Å². The number of fused-ring (bicyclic) bond motifs is 5. The molecule has 3 unspecified atom stereocenters. The lowest BCUT2D eigenvalue weighted by molar-refractivity contribution is -0.161. The van der Waals surface area contributed by atoms with Crippen LogP contribution in [-0.2, 0) is 5.60 Å². The summed E-state index contributed by atoms with van der Waals surface area (Å²) in [5, 5.41) is 21.9. The van der Waals surface area contributed by atoms with Gasteiger partial charge in [-0.15, -0.1) is 0 Å². The Kier molecular flexibility index (Phi) is 3.73.